The van der Waals surface area contributed by atoms with E-state index in [0.717, 1.165) is 29.8 Å². The lowest BCUT2D eigenvalue weighted by atomic mass is 10.3. The molecule has 5 nitrogen and oxygen atoms in total. The van der Waals surface area contributed by atoms with Crippen molar-refractivity contribution < 1.29 is 0 Å². The Balaban J connectivity index is 2.11. The maximum atomic E-state index is 5.92. The van der Waals surface area contributed by atoms with Gasteiger partial charge in [0.05, 0.1) is 12.2 Å². The lowest BCUT2D eigenvalue weighted by Crippen LogP contribution is -2.37. The molecule has 2 aromatic heterocycles. The van der Waals surface area contributed by atoms with Crippen molar-refractivity contribution in [1.29, 1.82) is 0 Å². The van der Waals surface area contributed by atoms with Crippen LogP contribution < -0.4 is 5.73 Å². The van der Waals surface area contributed by atoms with Crippen LogP contribution in [0.1, 0.15) is 19.5 Å². The predicted molar refractivity (Wildman–Crippen MR) is 74.3 cm³/mol. The number of aliphatic imine (C=N–C) groups is 1. The molecule has 18 heavy (non-hydrogen) atoms. The molecule has 0 amide bonds. The van der Waals surface area contributed by atoms with E-state index in [0.29, 0.717) is 12.5 Å². The third-order valence-corrected chi connectivity index (χ3v) is 2.96. The number of pyridine rings is 1. The van der Waals surface area contributed by atoms with Gasteiger partial charge in [0, 0.05) is 24.7 Å². The van der Waals surface area contributed by atoms with E-state index < -0.39 is 0 Å². The van der Waals surface area contributed by atoms with Crippen LogP contribution in [0, 0.1) is 0 Å². The highest BCUT2D eigenvalue weighted by Crippen LogP contribution is 2.10. The summed E-state index contributed by atoms with van der Waals surface area (Å²) >= 11 is 0. The number of nitrogens with one attached hydrogen (secondary N) is 1. The summed E-state index contributed by atoms with van der Waals surface area (Å²) < 4.78 is 0. The summed E-state index contributed by atoms with van der Waals surface area (Å²) in [4.78, 5) is 14.0. The average Bonchev–Trinajstić information content (AvgIpc) is 2.85. The Morgan fingerprint density at radius 2 is 2.11 bits per heavy atom. The fraction of sp³-hybridized carbons (Fsp3) is 0.385. The van der Waals surface area contributed by atoms with E-state index in [9.17, 15) is 0 Å². The van der Waals surface area contributed by atoms with Gasteiger partial charge in [-0.15, -0.1) is 0 Å². The molecular weight excluding hydrogens is 226 g/mol. The third-order valence-electron chi connectivity index (χ3n) is 2.96. The molecule has 0 aliphatic heterocycles. The number of nitrogens with two attached hydrogens (primary N) is 1. The molecular formula is C13H19N5. The van der Waals surface area contributed by atoms with E-state index >= 15 is 0 Å². The molecule has 0 bridgehead atoms. The van der Waals surface area contributed by atoms with Gasteiger partial charge in [0.2, 0.25) is 0 Å². The lowest BCUT2D eigenvalue weighted by molar-refractivity contribution is 0.458. The van der Waals surface area contributed by atoms with Gasteiger partial charge < -0.3 is 15.6 Å². The van der Waals surface area contributed by atoms with E-state index in [4.69, 9.17) is 5.73 Å². The van der Waals surface area contributed by atoms with Gasteiger partial charge in [0.15, 0.2) is 5.96 Å². The van der Waals surface area contributed by atoms with E-state index in [1.54, 1.807) is 0 Å². The minimum atomic E-state index is 0.511. The Morgan fingerprint density at radius 3 is 2.83 bits per heavy atom. The van der Waals surface area contributed by atoms with Crippen molar-refractivity contribution in [2.75, 3.05) is 13.1 Å². The first-order valence-corrected chi connectivity index (χ1v) is 6.22. The van der Waals surface area contributed by atoms with Gasteiger partial charge in [0.1, 0.15) is 5.65 Å². The normalized spacial score (nSPS) is 12.0. The summed E-state index contributed by atoms with van der Waals surface area (Å²) in [5, 5.41) is 1.11. The fourth-order valence-electron chi connectivity index (χ4n) is 1.87. The van der Waals surface area contributed by atoms with E-state index in [1.165, 1.54) is 0 Å². The molecule has 2 heterocycles. The highest BCUT2D eigenvalue weighted by atomic mass is 15.2. The number of hydrogen-bond donors (Lipinski definition) is 2. The van der Waals surface area contributed by atoms with Crippen LogP contribution in [0.25, 0.3) is 11.0 Å². The zero-order chi connectivity index (χ0) is 13.0. The monoisotopic (exact) mass is 245 g/mol. The second-order valence-corrected chi connectivity index (χ2v) is 4.06. The number of aromatic nitrogens is 2. The van der Waals surface area contributed by atoms with Crippen LogP contribution >= 0.6 is 0 Å². The van der Waals surface area contributed by atoms with Gasteiger partial charge >= 0.3 is 0 Å². The van der Waals surface area contributed by atoms with E-state index in [-0.39, 0.29) is 0 Å². The average molecular weight is 245 g/mol. The van der Waals surface area contributed by atoms with Crippen molar-refractivity contribution in [2.24, 2.45) is 10.7 Å². The predicted octanol–water partition coefficient (Wildman–Crippen LogP) is 1.72. The standard InChI is InChI=1S/C13H19N5/c1-3-18(4-2)13(14)16-9-11-6-5-10-7-8-15-12(10)17-11/h5-8H,3-4,9H2,1-2H3,(H2,14,16)(H,15,17). The largest absolute Gasteiger partial charge is 0.370 e. The van der Waals surface area contributed by atoms with Crippen molar-refractivity contribution in [3.8, 4) is 0 Å². The van der Waals surface area contributed by atoms with Crippen LogP contribution in [0.4, 0.5) is 0 Å². The summed E-state index contributed by atoms with van der Waals surface area (Å²) in [5.74, 6) is 0.577. The van der Waals surface area contributed by atoms with Crippen molar-refractivity contribution in [2.45, 2.75) is 20.4 Å². The summed E-state index contributed by atoms with van der Waals surface area (Å²) in [6.07, 6.45) is 1.88. The first-order valence-electron chi connectivity index (χ1n) is 6.22. The first-order chi connectivity index (χ1) is 8.74. The molecule has 2 aromatic rings. The number of rotatable bonds is 4. The van der Waals surface area contributed by atoms with Crippen LogP contribution in [0.2, 0.25) is 0 Å². The maximum absolute atomic E-state index is 5.92. The number of hydrogen-bond acceptors (Lipinski definition) is 2. The van der Waals surface area contributed by atoms with Crippen LogP contribution in [-0.2, 0) is 6.54 Å². The Bertz CT molecular complexity index is 539. The molecule has 3 N–H and O–H groups in total. The lowest BCUT2D eigenvalue weighted by Gasteiger charge is -2.19. The molecule has 0 unspecified atom stereocenters. The quantitative estimate of drug-likeness (QED) is 0.636. The highest BCUT2D eigenvalue weighted by Gasteiger charge is 2.03. The van der Waals surface area contributed by atoms with Crippen molar-refractivity contribution >= 4 is 17.0 Å². The number of H-pyrrole nitrogens is 1. The second kappa shape index (κ2) is 5.53. The van der Waals surface area contributed by atoms with Crippen LogP contribution in [-0.4, -0.2) is 33.9 Å². The fourth-order valence-corrected chi connectivity index (χ4v) is 1.87. The Kier molecular flexibility index (Phi) is 3.82. The molecule has 5 heteroatoms. The topological polar surface area (TPSA) is 70.3 Å². The number of nitrogens with zero attached hydrogens (tertiary/aromatic N) is 3. The van der Waals surface area contributed by atoms with Gasteiger partial charge in [-0.05, 0) is 32.0 Å². The van der Waals surface area contributed by atoms with Gasteiger partial charge in [0.25, 0.3) is 0 Å². The number of guanidine groups is 1. The molecule has 0 radical (unpaired) electrons. The van der Waals surface area contributed by atoms with Crippen molar-refractivity contribution in [1.82, 2.24) is 14.9 Å². The summed E-state index contributed by atoms with van der Waals surface area (Å²) in [6.45, 7) is 6.38. The van der Waals surface area contributed by atoms with Gasteiger partial charge in [-0.2, -0.15) is 0 Å². The molecule has 0 spiro atoms. The SMILES string of the molecule is CCN(CC)C(N)=NCc1ccc2cc[nH]c2n1. The molecule has 0 fully saturated rings. The Labute approximate surface area is 107 Å². The van der Waals surface area contributed by atoms with Crippen LogP contribution in [0.15, 0.2) is 29.4 Å². The minimum absolute atomic E-state index is 0.511. The summed E-state index contributed by atoms with van der Waals surface area (Å²) in [6, 6.07) is 6.02. The highest BCUT2D eigenvalue weighted by molar-refractivity contribution is 5.78. The molecule has 0 saturated heterocycles. The number of aromatic amines is 1. The van der Waals surface area contributed by atoms with Gasteiger partial charge in [-0.25, -0.2) is 9.98 Å². The first kappa shape index (κ1) is 12.4. The Morgan fingerprint density at radius 1 is 1.33 bits per heavy atom. The molecule has 0 atom stereocenters. The Hall–Kier alpha value is -2.04. The molecule has 0 aliphatic rings. The van der Waals surface area contributed by atoms with Gasteiger partial charge in [-0.3, -0.25) is 0 Å². The second-order valence-electron chi connectivity index (χ2n) is 4.06. The van der Waals surface area contributed by atoms with E-state index in [1.807, 2.05) is 29.3 Å². The third kappa shape index (κ3) is 2.61. The molecule has 2 rings (SSSR count). The zero-order valence-electron chi connectivity index (χ0n) is 10.8. The van der Waals surface area contributed by atoms with Crippen molar-refractivity contribution in [3.05, 3.63) is 30.1 Å². The maximum Gasteiger partial charge on any atom is 0.191 e. The van der Waals surface area contributed by atoms with E-state index in [2.05, 4.69) is 28.8 Å². The smallest absolute Gasteiger partial charge is 0.191 e. The van der Waals surface area contributed by atoms with Crippen LogP contribution in [0.3, 0.4) is 0 Å². The molecule has 0 saturated carbocycles. The molecule has 96 valence electrons. The summed E-state index contributed by atoms with van der Waals surface area (Å²) in [5.41, 5.74) is 7.73. The van der Waals surface area contributed by atoms with Crippen LogP contribution in [0.5, 0.6) is 0 Å². The molecule has 0 aliphatic carbocycles. The zero-order valence-corrected chi connectivity index (χ0v) is 10.8. The minimum Gasteiger partial charge on any atom is -0.370 e. The number of fused-ring (bicyclic) bond motifs is 1. The summed E-state index contributed by atoms with van der Waals surface area (Å²) in [7, 11) is 0. The van der Waals surface area contributed by atoms with Crippen molar-refractivity contribution in [3.63, 3.8) is 0 Å². The molecule has 0 aromatic carbocycles. The van der Waals surface area contributed by atoms with Gasteiger partial charge in [-0.1, -0.05) is 0 Å².